The van der Waals surface area contributed by atoms with Gasteiger partial charge >= 0.3 is 0 Å². The Bertz CT molecular complexity index is 4620. The summed E-state index contributed by atoms with van der Waals surface area (Å²) >= 11 is 0. The molecular formula is C67H68N6O18. The van der Waals surface area contributed by atoms with Gasteiger partial charge in [-0.1, -0.05) is 12.2 Å². The number of allylic oxidation sites excluding steroid dienone is 2. The number of aliphatic hydroxyl groups is 12. The SMILES string of the molecule is O=C(NCC(O)CO)C1(C(=O)NC(CO)CO)C2=C1C1C3C4=c5c6c7c8c9c%10c(c%11c%12c%13c(c2c3c%13c5c7c%10%12)CC%11)C2CC9(C3C=CC57C(C=83)C=6C3C4C1CCC35C7(C(=O)NCC(O)CO)C(=O)NC(CO)CO)C2(C(=O)NC(CO)CO)C(=O)NC(CO)CO. The third-order valence-corrected chi connectivity index (χ3v) is 26.6. The fraction of sp³-hybridized carbons (Fsp3) is 0.552. The molecule has 0 radical (unpaired) electrons. The molecule has 0 aliphatic heterocycles. The van der Waals surface area contributed by atoms with Gasteiger partial charge in [0.25, 0.3) is 0 Å². The van der Waals surface area contributed by atoms with Crippen LogP contribution in [-0.2, 0) is 47.0 Å². The van der Waals surface area contributed by atoms with E-state index in [-0.39, 0.29) is 18.8 Å². The number of aryl methyl sites for hydroxylation is 2. The molecule has 15 aliphatic rings. The van der Waals surface area contributed by atoms with Crippen molar-refractivity contribution in [3.63, 3.8) is 0 Å². The number of amides is 6. The summed E-state index contributed by atoms with van der Waals surface area (Å²) in [5, 5.41) is 155. The molecule has 24 nitrogen and oxygen atoms in total. The van der Waals surface area contributed by atoms with Crippen molar-refractivity contribution in [2.45, 2.75) is 85.7 Å². The fourth-order valence-electron chi connectivity index (χ4n) is 24.3. The Balaban J connectivity index is 0.985. The lowest BCUT2D eigenvalue weighted by atomic mass is 9.33. The monoisotopic (exact) mass is 1240 g/mol. The van der Waals surface area contributed by atoms with Crippen molar-refractivity contribution >= 4 is 101 Å². The predicted molar refractivity (Wildman–Crippen MR) is 318 cm³/mol. The summed E-state index contributed by atoms with van der Waals surface area (Å²) in [7, 11) is 0. The number of nitrogens with one attached hydrogen (secondary N) is 6. The van der Waals surface area contributed by atoms with Crippen LogP contribution in [0.3, 0.4) is 0 Å². The quantitative estimate of drug-likeness (QED) is 0.0202. The van der Waals surface area contributed by atoms with Crippen molar-refractivity contribution in [1.82, 2.24) is 31.9 Å². The lowest BCUT2D eigenvalue weighted by Crippen LogP contribution is -2.76. The molecule has 15 aliphatic carbocycles. The first-order valence-electron chi connectivity index (χ1n) is 32.2. The fourth-order valence-corrected chi connectivity index (χ4v) is 24.3. The van der Waals surface area contributed by atoms with Crippen molar-refractivity contribution in [3.05, 3.63) is 66.8 Å². The second-order valence-electron chi connectivity index (χ2n) is 28.9. The van der Waals surface area contributed by atoms with Crippen LogP contribution in [0.2, 0.25) is 0 Å². The summed E-state index contributed by atoms with van der Waals surface area (Å²) in [6.07, 6.45) is 2.59. The van der Waals surface area contributed by atoms with Crippen molar-refractivity contribution in [3.8, 4) is 0 Å². The van der Waals surface area contributed by atoms with Crippen LogP contribution < -0.4 is 47.6 Å². The Hall–Kier alpha value is -6.78. The summed E-state index contributed by atoms with van der Waals surface area (Å²) in [5.41, 5.74) is -1.69. The van der Waals surface area contributed by atoms with Gasteiger partial charge in [-0.25, -0.2) is 0 Å². The molecule has 20 rings (SSSR count). The molecule has 15 atom stereocenters. The maximum absolute atomic E-state index is 16.5. The van der Waals surface area contributed by atoms with Gasteiger partial charge in [0.15, 0.2) is 5.41 Å². The minimum absolute atomic E-state index is 0.185. The number of aliphatic hydroxyl groups excluding tert-OH is 12. The van der Waals surface area contributed by atoms with Gasteiger partial charge in [0, 0.05) is 53.0 Å². The van der Waals surface area contributed by atoms with Crippen molar-refractivity contribution in [1.29, 1.82) is 0 Å². The first-order chi connectivity index (χ1) is 44.0. The summed E-state index contributed by atoms with van der Waals surface area (Å²) in [6, 6.07) is -4.88. The molecule has 5 saturated carbocycles. The lowest BCUT2D eigenvalue weighted by Gasteiger charge is -2.66. The van der Waals surface area contributed by atoms with Crippen LogP contribution in [0, 0.1) is 62.6 Å². The Morgan fingerprint density at radius 1 is 0.538 bits per heavy atom. The molecule has 18 N–H and O–H groups in total. The van der Waals surface area contributed by atoms with E-state index in [4.69, 9.17) is 0 Å². The van der Waals surface area contributed by atoms with E-state index < -0.39 is 225 Å². The molecule has 6 amide bonds. The minimum atomic E-state index is -2.13. The van der Waals surface area contributed by atoms with E-state index in [2.05, 4.69) is 31.9 Å². The molecule has 5 fully saturated rings. The first-order valence-corrected chi connectivity index (χ1v) is 32.2. The molecule has 2 bridgehead atoms. The van der Waals surface area contributed by atoms with Gasteiger partial charge in [0.05, 0.1) is 102 Å². The van der Waals surface area contributed by atoms with Gasteiger partial charge in [-0.3, -0.25) is 28.8 Å². The van der Waals surface area contributed by atoms with Crippen molar-refractivity contribution in [2.75, 3.05) is 79.2 Å². The smallest absolute Gasteiger partial charge is 0.244 e. The van der Waals surface area contributed by atoms with Crippen LogP contribution in [0.5, 0.6) is 0 Å². The number of rotatable bonds is 24. The van der Waals surface area contributed by atoms with Crippen molar-refractivity contribution < 1.29 is 90.0 Å². The minimum Gasteiger partial charge on any atom is -0.394 e. The van der Waals surface area contributed by atoms with E-state index in [1.807, 2.05) is 12.2 Å². The Kier molecular flexibility index (Phi) is 10.6. The summed E-state index contributed by atoms with van der Waals surface area (Å²) in [5.74, 6) is -9.77. The molecule has 24 heteroatoms. The highest BCUT2D eigenvalue weighted by Gasteiger charge is 3.02. The van der Waals surface area contributed by atoms with Crippen molar-refractivity contribution in [2.24, 2.45) is 62.6 Å². The van der Waals surface area contributed by atoms with E-state index in [0.29, 0.717) is 30.4 Å². The molecule has 15 unspecified atom stereocenters. The molecule has 474 valence electrons. The van der Waals surface area contributed by atoms with Gasteiger partial charge in [-0.15, -0.1) is 0 Å². The Labute approximate surface area is 515 Å². The normalized spacial score (nSPS) is 34.3. The van der Waals surface area contributed by atoms with Gasteiger partial charge in [-0.2, -0.15) is 0 Å². The zero-order chi connectivity index (χ0) is 62.9. The van der Waals surface area contributed by atoms with E-state index in [0.717, 1.165) is 109 Å². The highest BCUT2D eigenvalue weighted by molar-refractivity contribution is 6.43. The van der Waals surface area contributed by atoms with Crippen LogP contribution in [0.15, 0.2) is 17.7 Å². The summed E-state index contributed by atoms with van der Waals surface area (Å²) in [4.78, 5) is 97.5. The maximum Gasteiger partial charge on any atom is 0.244 e. The van der Waals surface area contributed by atoms with E-state index in [9.17, 15) is 61.3 Å². The average molecular weight is 1250 g/mol. The van der Waals surface area contributed by atoms with Gasteiger partial charge in [0.2, 0.25) is 35.4 Å². The van der Waals surface area contributed by atoms with Crippen LogP contribution in [-0.4, -0.2) is 212 Å². The predicted octanol–water partition coefficient (Wildman–Crippen LogP) is -7.05. The largest absolute Gasteiger partial charge is 0.394 e. The molecule has 0 saturated heterocycles. The maximum atomic E-state index is 16.5. The van der Waals surface area contributed by atoms with Gasteiger partial charge in [-0.05, 0) is 176 Å². The molecule has 5 aromatic carbocycles. The molecule has 0 heterocycles. The zero-order valence-corrected chi connectivity index (χ0v) is 49.1. The third kappa shape index (κ3) is 5.13. The molecular weight excluding hydrogens is 1180 g/mol. The number of hydrogen-bond acceptors (Lipinski definition) is 18. The van der Waals surface area contributed by atoms with Crippen LogP contribution in [0.4, 0.5) is 0 Å². The number of fused-ring (bicyclic) bond motifs is 4. The highest BCUT2D eigenvalue weighted by Crippen LogP contribution is 2.99. The molecule has 0 aromatic heterocycles. The second-order valence-corrected chi connectivity index (χ2v) is 28.9. The van der Waals surface area contributed by atoms with E-state index in [1.54, 1.807) is 0 Å². The van der Waals surface area contributed by atoms with E-state index >= 15 is 28.8 Å². The Morgan fingerprint density at radius 2 is 1.10 bits per heavy atom. The molecule has 5 aromatic rings. The number of benzene rings is 2. The summed E-state index contributed by atoms with van der Waals surface area (Å²) < 4.78 is 0. The van der Waals surface area contributed by atoms with E-state index in [1.165, 1.54) is 0 Å². The average Bonchev–Trinajstić information content (AvgIpc) is 1.38. The highest BCUT2D eigenvalue weighted by atomic mass is 16.3. The third-order valence-electron chi connectivity index (χ3n) is 26.6. The lowest BCUT2D eigenvalue weighted by molar-refractivity contribution is -0.168. The number of carbonyl (C=O) groups is 6. The summed E-state index contributed by atoms with van der Waals surface area (Å²) in [6.45, 7) is -7.81. The topological polar surface area (TPSA) is 417 Å². The number of carbonyl (C=O) groups excluding carboxylic acids is 6. The second kappa shape index (κ2) is 17.3. The van der Waals surface area contributed by atoms with Crippen LogP contribution >= 0.6 is 0 Å². The van der Waals surface area contributed by atoms with Crippen LogP contribution in [0.1, 0.15) is 64.5 Å². The van der Waals surface area contributed by atoms with Crippen LogP contribution in [0.25, 0.3) is 65.4 Å². The van der Waals surface area contributed by atoms with Gasteiger partial charge in [0.1, 0.15) is 10.8 Å². The Morgan fingerprint density at radius 3 is 1.71 bits per heavy atom. The molecule has 3 spiro atoms. The van der Waals surface area contributed by atoms with Gasteiger partial charge < -0.3 is 93.2 Å². The molecule has 91 heavy (non-hydrogen) atoms. The number of hydrogen-bond donors (Lipinski definition) is 18. The standard InChI is InChI=1S/C67H68N6O18/c74-10-20(11-75)70-57(87)65(56(86)68-8-24(84)18-82)54-35-27-2-1-26-31-30-7-62(66(30,58(88)71-21(12-76)13-77)59(89)72-22(14-78)15-79)29-4-6-64-53-37(29)49-46-44-39(48(31)51(49)62)32(26)33(27)38-41(35)42-36(55(54)65)28-3-5-63(64,52-34(28)40(42)45(43(38)44)47(46)50(52)53)67(64,60(90)69-9-25(85)19-83)61(91)73-23(16-80)17-81/h4,6,20-25,28-30,34,36,42,52-53,74-85H,1-3,5,7-19H2,(H,68,86)(H,69,90)(H,70,87)(H,71,88)(H,72,89)(H,73,91). The first kappa shape index (κ1) is 55.8. The zero-order valence-electron chi connectivity index (χ0n) is 49.1.